The third-order valence-electron chi connectivity index (χ3n) is 20.1. The molecule has 0 amide bonds. The van der Waals surface area contributed by atoms with E-state index in [9.17, 15) is 0 Å². The van der Waals surface area contributed by atoms with Crippen LogP contribution in [0.4, 0.5) is 0 Å². The van der Waals surface area contributed by atoms with E-state index in [2.05, 4.69) is 234 Å². The van der Waals surface area contributed by atoms with E-state index in [1.165, 1.54) is 21.5 Å². The molecule has 10 nitrogen and oxygen atoms in total. The lowest BCUT2D eigenvalue weighted by atomic mass is 9.99. The van der Waals surface area contributed by atoms with Gasteiger partial charge in [-0.25, -0.2) is 29.9 Å². The Morgan fingerprint density at radius 2 is 0.453 bits per heavy atom. The number of benzene rings is 15. The van der Waals surface area contributed by atoms with Crippen molar-refractivity contribution in [1.29, 1.82) is 0 Å². The summed E-state index contributed by atoms with van der Waals surface area (Å²) < 4.78 is 17.9. The predicted octanol–water partition coefficient (Wildman–Crippen LogP) is 24.7. The summed E-state index contributed by atoms with van der Waals surface area (Å²) in [5, 5.41) is 9.25. The second-order valence-electron chi connectivity index (χ2n) is 26.5. The van der Waals surface area contributed by atoms with Gasteiger partial charge in [-0.2, -0.15) is 0 Å². The molecule has 0 unspecified atom stereocenters. The van der Waals surface area contributed by atoms with Gasteiger partial charge >= 0.3 is 0 Å². The molecule has 15 aromatic carbocycles. The van der Waals surface area contributed by atoms with Crippen molar-refractivity contribution in [2.75, 3.05) is 0 Å². The van der Waals surface area contributed by atoms with Crippen LogP contribution in [0.2, 0.25) is 0 Å². The number of furan rings is 2. The van der Waals surface area contributed by atoms with Crippen molar-refractivity contribution in [2.24, 2.45) is 0 Å². The summed E-state index contributed by atoms with van der Waals surface area (Å²) in [6.45, 7) is 0. The van der Waals surface area contributed by atoms with Crippen LogP contribution in [0.15, 0.2) is 373 Å². The minimum Gasteiger partial charge on any atom is -0.455 e. The molecule has 6 aromatic heterocycles. The monoisotopic (exact) mass is 1360 g/mol. The van der Waals surface area contributed by atoms with E-state index < -0.39 is 0 Å². The van der Waals surface area contributed by atoms with Crippen LogP contribution in [0, 0.1) is 0 Å². The summed E-state index contributed by atoms with van der Waals surface area (Å²) in [6.07, 6.45) is 0. The first-order valence-corrected chi connectivity index (χ1v) is 35.5. The summed E-state index contributed by atoms with van der Waals surface area (Å²) in [5.74, 6) is 3.85. The first kappa shape index (κ1) is 61.4. The molecular formula is C96H60N8O2. The second kappa shape index (κ2) is 25.8. The molecule has 496 valence electrons. The number of fused-ring (bicyclic) bond motifs is 12. The third kappa shape index (κ3) is 10.8. The van der Waals surface area contributed by atoms with E-state index in [0.717, 1.165) is 144 Å². The third-order valence-corrected chi connectivity index (χ3v) is 20.1. The number of aromatic nitrogens is 8. The van der Waals surface area contributed by atoms with Crippen LogP contribution in [0.5, 0.6) is 0 Å². The molecule has 21 aromatic rings. The molecule has 21 rings (SSSR count). The fraction of sp³-hybridized carbons (Fsp3) is 0. The molecule has 0 saturated heterocycles. The highest BCUT2D eigenvalue weighted by atomic mass is 16.3. The maximum absolute atomic E-state index is 6.79. The molecule has 10 heteroatoms. The van der Waals surface area contributed by atoms with Crippen LogP contribution in [-0.2, 0) is 0 Å². The largest absolute Gasteiger partial charge is 0.455 e. The van der Waals surface area contributed by atoms with Crippen molar-refractivity contribution >= 4 is 87.5 Å². The van der Waals surface area contributed by atoms with Crippen molar-refractivity contribution in [2.45, 2.75) is 0 Å². The highest BCUT2D eigenvalue weighted by Crippen LogP contribution is 2.44. The van der Waals surface area contributed by atoms with E-state index in [-0.39, 0.29) is 0 Å². The van der Waals surface area contributed by atoms with Crippen LogP contribution < -0.4 is 0 Å². The molecule has 0 aliphatic rings. The Bertz CT molecular complexity index is 6800. The normalized spacial score (nSPS) is 11.6. The topological polar surface area (TPSA) is 113 Å². The van der Waals surface area contributed by atoms with Gasteiger partial charge in [-0.15, -0.1) is 0 Å². The minimum atomic E-state index is 0.631. The van der Waals surface area contributed by atoms with E-state index in [1.54, 1.807) is 0 Å². The van der Waals surface area contributed by atoms with Crippen LogP contribution in [0.1, 0.15) is 0 Å². The molecule has 0 saturated carbocycles. The molecular weight excluding hydrogens is 1300 g/mol. The van der Waals surface area contributed by atoms with Crippen LogP contribution in [-0.4, -0.2) is 39.0 Å². The molecule has 0 bridgehead atoms. The summed E-state index contributed by atoms with van der Waals surface area (Å²) in [7, 11) is 0. The molecule has 0 fully saturated rings. The second-order valence-corrected chi connectivity index (χ2v) is 26.5. The summed E-state index contributed by atoms with van der Waals surface area (Å²) in [6, 6.07) is 126. The Morgan fingerprint density at radius 1 is 0.179 bits per heavy atom. The number of hydrogen-bond acceptors (Lipinski definition) is 8. The van der Waals surface area contributed by atoms with E-state index >= 15 is 0 Å². The van der Waals surface area contributed by atoms with Gasteiger partial charge in [0.25, 0.3) is 0 Å². The van der Waals surface area contributed by atoms with E-state index in [1.807, 2.05) is 140 Å². The quantitative estimate of drug-likeness (QED) is 0.126. The molecule has 6 heterocycles. The van der Waals surface area contributed by atoms with Gasteiger partial charge in [0.05, 0.1) is 22.1 Å². The minimum absolute atomic E-state index is 0.631. The predicted molar refractivity (Wildman–Crippen MR) is 432 cm³/mol. The van der Waals surface area contributed by atoms with E-state index in [4.69, 9.17) is 38.7 Å². The summed E-state index contributed by atoms with van der Waals surface area (Å²) in [4.78, 5) is 29.5. The van der Waals surface area contributed by atoms with Gasteiger partial charge in [-0.05, 0) is 108 Å². The first-order valence-electron chi connectivity index (χ1n) is 35.5. The van der Waals surface area contributed by atoms with Crippen LogP contribution in [0.25, 0.3) is 201 Å². The average molecular weight is 1360 g/mol. The summed E-state index contributed by atoms with van der Waals surface area (Å²) >= 11 is 0. The number of para-hydroxylation sites is 6. The zero-order valence-corrected chi connectivity index (χ0v) is 57.0. The Hall–Kier alpha value is -14.5. The zero-order valence-electron chi connectivity index (χ0n) is 57.0. The average Bonchev–Trinajstić information content (AvgIpc) is 1.58. The zero-order chi connectivity index (χ0) is 70.0. The maximum Gasteiger partial charge on any atom is 0.164 e. The molecule has 0 radical (unpaired) electrons. The Morgan fingerprint density at radius 3 is 0.840 bits per heavy atom. The lowest BCUT2D eigenvalue weighted by molar-refractivity contribution is 0.670. The summed E-state index contributed by atoms with van der Waals surface area (Å²) in [5.41, 5.74) is 22.6. The van der Waals surface area contributed by atoms with Crippen LogP contribution >= 0.6 is 0 Å². The standard InChI is InChI=1S/C51H32N4O.C45H28N4O/c1-4-14-33(15-5-1)39-21-12-23-42-43-24-13-22-40(48(43)56-47(39)42)37-28-31-46-44(32-37)41-20-10-11-25-45(41)55(46)38-29-26-36(27-30-38)51-53-49(34-16-6-2-7-17-34)52-50(54-51)35-18-8-3-9-19-35;1-3-12-29(13-4-1)43-46-44(30-14-5-2-6-15-30)48-45(47-43)31-22-25-33(26-23-31)49-39-20-9-7-16-35(39)38-28-32(24-27-40(38)49)34-18-11-19-37-36-17-8-10-21-41(36)50-42(34)37/h1-32H;1-28H. The van der Waals surface area contributed by atoms with Gasteiger partial charge in [0.2, 0.25) is 0 Å². The lowest BCUT2D eigenvalue weighted by Crippen LogP contribution is -2.00. The van der Waals surface area contributed by atoms with Crippen molar-refractivity contribution < 1.29 is 8.83 Å². The Balaban J connectivity index is 0.000000141. The van der Waals surface area contributed by atoms with Crippen molar-refractivity contribution in [3.05, 3.63) is 364 Å². The molecule has 0 atom stereocenters. The fourth-order valence-electron chi connectivity index (χ4n) is 15.1. The molecule has 0 spiro atoms. The highest BCUT2D eigenvalue weighted by Gasteiger charge is 2.22. The van der Waals surface area contributed by atoms with Crippen molar-refractivity contribution in [3.8, 4) is 113 Å². The fourth-order valence-corrected chi connectivity index (χ4v) is 15.1. The van der Waals surface area contributed by atoms with Gasteiger partial charge in [0.1, 0.15) is 22.3 Å². The van der Waals surface area contributed by atoms with Gasteiger partial charge in [0.15, 0.2) is 34.9 Å². The smallest absolute Gasteiger partial charge is 0.164 e. The maximum atomic E-state index is 6.79. The van der Waals surface area contributed by atoms with E-state index in [0.29, 0.717) is 34.9 Å². The SMILES string of the molecule is c1ccc(-c2nc(-c3ccccc3)nc(-c3ccc(-n4c5ccccc5c5cc(-c6cccc7c6oc6c(-c8ccccc8)cccc67)ccc54)cc3)n2)cc1.c1ccc(-c2nc(-c3ccccc3)nc(-c3ccc(-n4c5ccccc5c5cc(-c6cccc7c6oc6ccccc67)ccc54)cc3)n2)cc1. The van der Waals surface area contributed by atoms with Gasteiger partial charge in [-0.3, -0.25) is 0 Å². The van der Waals surface area contributed by atoms with Crippen LogP contribution in [0.3, 0.4) is 0 Å². The number of nitrogens with zero attached hydrogens (tertiary/aromatic N) is 8. The highest BCUT2D eigenvalue weighted by molar-refractivity contribution is 6.16. The molecule has 0 aliphatic heterocycles. The number of hydrogen-bond donors (Lipinski definition) is 0. The van der Waals surface area contributed by atoms with Gasteiger partial charge in [-0.1, -0.05) is 273 Å². The molecule has 106 heavy (non-hydrogen) atoms. The Labute approximate surface area is 608 Å². The van der Waals surface area contributed by atoms with Crippen molar-refractivity contribution in [1.82, 2.24) is 39.0 Å². The number of rotatable bonds is 11. The molecule has 0 aliphatic carbocycles. The Kier molecular flexibility index (Phi) is 15.0. The first-order chi connectivity index (χ1) is 52.5. The van der Waals surface area contributed by atoms with Crippen molar-refractivity contribution in [3.63, 3.8) is 0 Å². The lowest BCUT2D eigenvalue weighted by Gasteiger charge is -2.11. The van der Waals surface area contributed by atoms with Gasteiger partial charge in [0, 0.05) is 105 Å². The molecule has 0 N–H and O–H groups in total. The van der Waals surface area contributed by atoms with Gasteiger partial charge < -0.3 is 18.0 Å².